The predicted octanol–water partition coefficient (Wildman–Crippen LogP) is 0.0924. The van der Waals surface area contributed by atoms with E-state index in [1.54, 1.807) is 11.8 Å². The summed E-state index contributed by atoms with van der Waals surface area (Å²) in [5, 5.41) is 5.44. The van der Waals surface area contributed by atoms with Gasteiger partial charge in [-0.05, 0) is 13.8 Å². The molecule has 1 aliphatic heterocycles. The third-order valence-electron chi connectivity index (χ3n) is 2.37. The predicted molar refractivity (Wildman–Crippen MR) is 57.4 cm³/mol. The second kappa shape index (κ2) is 4.82. The van der Waals surface area contributed by atoms with E-state index in [0.717, 1.165) is 0 Å². The van der Waals surface area contributed by atoms with E-state index in [1.807, 2.05) is 6.92 Å². The molecule has 2 N–H and O–H groups in total. The van der Waals surface area contributed by atoms with E-state index in [2.05, 4.69) is 17.2 Å². The molecule has 0 bridgehead atoms. The molecule has 0 radical (unpaired) electrons. The molecule has 1 unspecified atom stereocenters. The maximum absolute atomic E-state index is 11.3. The van der Waals surface area contributed by atoms with Crippen LogP contribution in [0.5, 0.6) is 0 Å². The average molecular weight is 211 g/mol. The van der Waals surface area contributed by atoms with Crippen molar-refractivity contribution in [1.29, 1.82) is 0 Å². The first-order valence-corrected chi connectivity index (χ1v) is 5.00. The van der Waals surface area contributed by atoms with Crippen molar-refractivity contribution in [3.05, 3.63) is 12.2 Å². The molecule has 15 heavy (non-hydrogen) atoms. The van der Waals surface area contributed by atoms with Crippen molar-refractivity contribution in [2.75, 3.05) is 19.6 Å². The summed E-state index contributed by atoms with van der Waals surface area (Å²) < 4.78 is 0. The summed E-state index contributed by atoms with van der Waals surface area (Å²) in [6.07, 6.45) is 0. The first kappa shape index (κ1) is 11.6. The molecule has 1 heterocycles. The quantitative estimate of drug-likeness (QED) is 0.647. The van der Waals surface area contributed by atoms with Crippen molar-refractivity contribution in [2.24, 2.45) is 0 Å². The van der Waals surface area contributed by atoms with Gasteiger partial charge in [0, 0.05) is 31.2 Å². The summed E-state index contributed by atoms with van der Waals surface area (Å²) in [4.78, 5) is 24.2. The number of carbonyl (C=O) groups is 2. The highest BCUT2D eigenvalue weighted by molar-refractivity contribution is 5.92. The molecule has 0 aromatic heterocycles. The fourth-order valence-corrected chi connectivity index (χ4v) is 1.41. The lowest BCUT2D eigenvalue weighted by atomic mass is 10.2. The van der Waals surface area contributed by atoms with Gasteiger partial charge in [0.1, 0.15) is 0 Å². The van der Waals surface area contributed by atoms with E-state index in [-0.39, 0.29) is 18.0 Å². The number of hydrogen-bond acceptors (Lipinski definition) is 2. The SMILES string of the molecule is C=C(C)C(=O)NCC(C)N1CCNC1=O. The van der Waals surface area contributed by atoms with Gasteiger partial charge in [-0.25, -0.2) is 4.79 Å². The molecule has 5 nitrogen and oxygen atoms in total. The second-order valence-electron chi connectivity index (χ2n) is 3.76. The molecule has 3 amide bonds. The minimum Gasteiger partial charge on any atom is -0.350 e. The van der Waals surface area contributed by atoms with Crippen LogP contribution in [-0.4, -0.2) is 42.5 Å². The summed E-state index contributed by atoms with van der Waals surface area (Å²) in [5.41, 5.74) is 0.480. The molecule has 0 spiro atoms. The molecule has 0 aliphatic carbocycles. The van der Waals surface area contributed by atoms with Crippen molar-refractivity contribution in [3.8, 4) is 0 Å². The minimum absolute atomic E-state index is 0.01000. The summed E-state index contributed by atoms with van der Waals surface area (Å²) in [7, 11) is 0. The lowest BCUT2D eigenvalue weighted by molar-refractivity contribution is -0.117. The Kier molecular flexibility index (Phi) is 3.71. The molecule has 1 saturated heterocycles. The molecule has 1 fully saturated rings. The van der Waals surface area contributed by atoms with Crippen LogP contribution in [0.1, 0.15) is 13.8 Å². The van der Waals surface area contributed by atoms with Crippen molar-refractivity contribution in [2.45, 2.75) is 19.9 Å². The first-order valence-electron chi connectivity index (χ1n) is 5.00. The third kappa shape index (κ3) is 2.97. The van der Waals surface area contributed by atoms with Gasteiger partial charge in [-0.2, -0.15) is 0 Å². The standard InChI is InChI=1S/C10H17N3O2/c1-7(2)9(14)12-6-8(3)13-5-4-11-10(13)15/h8H,1,4-6H2,2-3H3,(H,11,15)(H,12,14). The van der Waals surface area contributed by atoms with Crippen LogP contribution in [-0.2, 0) is 4.79 Å². The highest BCUT2D eigenvalue weighted by Gasteiger charge is 2.24. The molecule has 84 valence electrons. The van der Waals surface area contributed by atoms with Gasteiger partial charge in [-0.15, -0.1) is 0 Å². The number of rotatable bonds is 4. The van der Waals surface area contributed by atoms with Gasteiger partial charge in [-0.3, -0.25) is 4.79 Å². The normalized spacial score (nSPS) is 17.2. The van der Waals surface area contributed by atoms with Crippen molar-refractivity contribution < 1.29 is 9.59 Å². The molecular weight excluding hydrogens is 194 g/mol. The minimum atomic E-state index is -0.165. The van der Waals surface area contributed by atoms with E-state index >= 15 is 0 Å². The van der Waals surface area contributed by atoms with Crippen LogP contribution in [0.4, 0.5) is 4.79 Å². The van der Waals surface area contributed by atoms with E-state index in [9.17, 15) is 9.59 Å². The van der Waals surface area contributed by atoms with Crippen LogP contribution in [0, 0.1) is 0 Å². The highest BCUT2D eigenvalue weighted by atomic mass is 16.2. The van der Waals surface area contributed by atoms with Crippen molar-refractivity contribution in [3.63, 3.8) is 0 Å². The Labute approximate surface area is 89.5 Å². The Morgan fingerprint density at radius 3 is 2.87 bits per heavy atom. The Bertz CT molecular complexity index is 288. The zero-order chi connectivity index (χ0) is 11.4. The summed E-state index contributed by atoms with van der Waals surface area (Å²) >= 11 is 0. The highest BCUT2D eigenvalue weighted by Crippen LogP contribution is 2.03. The van der Waals surface area contributed by atoms with Gasteiger partial charge < -0.3 is 15.5 Å². The molecule has 1 rings (SSSR count). The molecule has 0 aromatic rings. The summed E-state index contributed by atoms with van der Waals surface area (Å²) in [6.45, 7) is 8.94. The van der Waals surface area contributed by atoms with Crippen LogP contribution in [0.15, 0.2) is 12.2 Å². The lowest BCUT2D eigenvalue weighted by Crippen LogP contribution is -2.43. The first-order chi connectivity index (χ1) is 7.02. The zero-order valence-electron chi connectivity index (χ0n) is 9.17. The fourth-order valence-electron chi connectivity index (χ4n) is 1.41. The number of nitrogens with zero attached hydrogens (tertiary/aromatic N) is 1. The second-order valence-corrected chi connectivity index (χ2v) is 3.76. The Balaban J connectivity index is 2.35. The molecule has 0 saturated carbocycles. The van der Waals surface area contributed by atoms with Gasteiger partial charge in [-0.1, -0.05) is 6.58 Å². The maximum atomic E-state index is 11.3. The maximum Gasteiger partial charge on any atom is 0.317 e. The van der Waals surface area contributed by atoms with E-state index in [0.29, 0.717) is 25.2 Å². The molecule has 1 atom stereocenters. The number of hydrogen-bond donors (Lipinski definition) is 2. The van der Waals surface area contributed by atoms with Crippen LogP contribution in [0.3, 0.4) is 0 Å². The van der Waals surface area contributed by atoms with Gasteiger partial charge in [0.2, 0.25) is 5.91 Å². The summed E-state index contributed by atoms with van der Waals surface area (Å²) in [6, 6.07) is -0.0529. The topological polar surface area (TPSA) is 61.4 Å². The Hall–Kier alpha value is -1.52. The number of amides is 3. The summed E-state index contributed by atoms with van der Waals surface area (Å²) in [5.74, 6) is -0.165. The van der Waals surface area contributed by atoms with E-state index in [4.69, 9.17) is 0 Å². The van der Waals surface area contributed by atoms with Crippen LogP contribution < -0.4 is 10.6 Å². The third-order valence-corrected chi connectivity index (χ3v) is 2.37. The van der Waals surface area contributed by atoms with Gasteiger partial charge in [0.25, 0.3) is 0 Å². The molecule has 1 aliphatic rings. The Morgan fingerprint density at radius 2 is 2.40 bits per heavy atom. The number of urea groups is 1. The molecule has 0 aromatic carbocycles. The monoisotopic (exact) mass is 211 g/mol. The Morgan fingerprint density at radius 1 is 1.73 bits per heavy atom. The van der Waals surface area contributed by atoms with Gasteiger partial charge in [0.15, 0.2) is 0 Å². The van der Waals surface area contributed by atoms with Gasteiger partial charge in [0.05, 0.1) is 0 Å². The van der Waals surface area contributed by atoms with Crippen LogP contribution >= 0.6 is 0 Å². The van der Waals surface area contributed by atoms with E-state index in [1.165, 1.54) is 0 Å². The zero-order valence-corrected chi connectivity index (χ0v) is 9.17. The smallest absolute Gasteiger partial charge is 0.317 e. The average Bonchev–Trinajstić information content (AvgIpc) is 2.60. The molecular formula is C10H17N3O2. The lowest BCUT2D eigenvalue weighted by Gasteiger charge is -2.23. The van der Waals surface area contributed by atoms with Crippen molar-refractivity contribution >= 4 is 11.9 Å². The fraction of sp³-hybridized carbons (Fsp3) is 0.600. The van der Waals surface area contributed by atoms with Crippen LogP contribution in [0.2, 0.25) is 0 Å². The largest absolute Gasteiger partial charge is 0.350 e. The number of carbonyl (C=O) groups excluding carboxylic acids is 2. The van der Waals surface area contributed by atoms with Gasteiger partial charge >= 0.3 is 6.03 Å². The van der Waals surface area contributed by atoms with Crippen molar-refractivity contribution in [1.82, 2.24) is 15.5 Å². The van der Waals surface area contributed by atoms with Crippen LogP contribution in [0.25, 0.3) is 0 Å². The molecule has 5 heteroatoms. The van der Waals surface area contributed by atoms with E-state index < -0.39 is 0 Å². The number of nitrogens with one attached hydrogen (secondary N) is 2.